The van der Waals surface area contributed by atoms with Crippen molar-refractivity contribution in [2.75, 3.05) is 17.2 Å². The molecule has 86 valence electrons. The monoisotopic (exact) mass is 217 g/mol. The van der Waals surface area contributed by atoms with E-state index in [1.807, 2.05) is 6.20 Å². The molecule has 2 unspecified atom stereocenters. The highest BCUT2D eigenvalue weighted by Crippen LogP contribution is 2.38. The number of rotatable bonds is 1. The van der Waals surface area contributed by atoms with Crippen molar-refractivity contribution in [2.24, 2.45) is 5.92 Å². The average Bonchev–Trinajstić information content (AvgIpc) is 2.72. The Kier molecular flexibility index (Phi) is 2.46. The standard InChI is InChI=1S/C13H19N3/c14-11-7-12(9-15-8-11)16-6-5-10-3-1-2-4-13(10)16/h7-10,13H,1-6,14H2. The first-order chi connectivity index (χ1) is 7.84. The maximum Gasteiger partial charge on any atom is 0.0576 e. The molecule has 1 aliphatic heterocycles. The van der Waals surface area contributed by atoms with Gasteiger partial charge in [0, 0.05) is 18.8 Å². The average molecular weight is 217 g/mol. The van der Waals surface area contributed by atoms with Crippen molar-refractivity contribution < 1.29 is 0 Å². The largest absolute Gasteiger partial charge is 0.397 e. The van der Waals surface area contributed by atoms with Gasteiger partial charge in [-0.15, -0.1) is 0 Å². The van der Waals surface area contributed by atoms with Crippen LogP contribution in [0.25, 0.3) is 0 Å². The summed E-state index contributed by atoms with van der Waals surface area (Å²) < 4.78 is 0. The summed E-state index contributed by atoms with van der Waals surface area (Å²) in [5.41, 5.74) is 7.80. The molecule has 1 saturated carbocycles. The number of nitrogens with two attached hydrogens (primary N) is 1. The molecule has 0 radical (unpaired) electrons. The maximum atomic E-state index is 5.81. The second-order valence-electron chi connectivity index (χ2n) is 5.07. The van der Waals surface area contributed by atoms with E-state index in [0.29, 0.717) is 0 Å². The van der Waals surface area contributed by atoms with Crippen molar-refractivity contribution in [3.05, 3.63) is 18.5 Å². The third kappa shape index (κ3) is 1.64. The van der Waals surface area contributed by atoms with Gasteiger partial charge in [0.2, 0.25) is 0 Å². The third-order valence-electron chi connectivity index (χ3n) is 4.09. The molecule has 3 nitrogen and oxygen atoms in total. The molecule has 2 N–H and O–H groups in total. The number of hydrogen-bond acceptors (Lipinski definition) is 3. The van der Waals surface area contributed by atoms with Gasteiger partial charge in [-0.2, -0.15) is 0 Å². The molecule has 1 saturated heterocycles. The van der Waals surface area contributed by atoms with Gasteiger partial charge in [0.1, 0.15) is 0 Å². The molecule has 1 aromatic rings. The van der Waals surface area contributed by atoms with Crippen LogP contribution in [0.2, 0.25) is 0 Å². The number of nitrogen functional groups attached to an aromatic ring is 1. The number of hydrogen-bond donors (Lipinski definition) is 1. The Morgan fingerprint density at radius 1 is 1.19 bits per heavy atom. The van der Waals surface area contributed by atoms with Gasteiger partial charge in [0.25, 0.3) is 0 Å². The van der Waals surface area contributed by atoms with E-state index in [4.69, 9.17) is 5.73 Å². The molecule has 0 bridgehead atoms. The van der Waals surface area contributed by atoms with E-state index in [-0.39, 0.29) is 0 Å². The number of pyridine rings is 1. The molecule has 16 heavy (non-hydrogen) atoms. The van der Waals surface area contributed by atoms with Crippen LogP contribution in [0.5, 0.6) is 0 Å². The molecule has 3 heteroatoms. The first kappa shape index (κ1) is 9.94. The Hall–Kier alpha value is -1.25. The van der Waals surface area contributed by atoms with Gasteiger partial charge >= 0.3 is 0 Å². The Morgan fingerprint density at radius 2 is 2.06 bits per heavy atom. The third-order valence-corrected chi connectivity index (χ3v) is 4.09. The van der Waals surface area contributed by atoms with E-state index >= 15 is 0 Å². The highest BCUT2D eigenvalue weighted by Gasteiger charge is 2.35. The van der Waals surface area contributed by atoms with Crippen LogP contribution in [0.1, 0.15) is 32.1 Å². The van der Waals surface area contributed by atoms with Gasteiger partial charge in [0.05, 0.1) is 17.6 Å². The molecule has 2 aliphatic rings. The van der Waals surface area contributed by atoms with Crippen molar-refractivity contribution >= 4 is 11.4 Å². The zero-order valence-electron chi connectivity index (χ0n) is 9.60. The maximum absolute atomic E-state index is 5.81. The van der Waals surface area contributed by atoms with E-state index in [1.165, 1.54) is 44.3 Å². The Balaban J connectivity index is 1.85. The van der Waals surface area contributed by atoms with Crippen molar-refractivity contribution in [1.29, 1.82) is 0 Å². The lowest BCUT2D eigenvalue weighted by Gasteiger charge is -2.33. The molecule has 2 fully saturated rings. The van der Waals surface area contributed by atoms with Crippen LogP contribution in [0.15, 0.2) is 18.5 Å². The Labute approximate surface area is 96.7 Å². The van der Waals surface area contributed by atoms with E-state index in [1.54, 1.807) is 6.20 Å². The minimum Gasteiger partial charge on any atom is -0.397 e. The quantitative estimate of drug-likeness (QED) is 0.785. The molecule has 3 rings (SSSR count). The number of anilines is 2. The van der Waals surface area contributed by atoms with Crippen LogP contribution < -0.4 is 10.6 Å². The zero-order valence-corrected chi connectivity index (χ0v) is 9.60. The van der Waals surface area contributed by atoms with Gasteiger partial charge < -0.3 is 10.6 Å². The van der Waals surface area contributed by atoms with Crippen molar-refractivity contribution in [1.82, 2.24) is 4.98 Å². The zero-order chi connectivity index (χ0) is 11.0. The van der Waals surface area contributed by atoms with Crippen molar-refractivity contribution in [3.8, 4) is 0 Å². The van der Waals surface area contributed by atoms with E-state index in [9.17, 15) is 0 Å². The van der Waals surface area contributed by atoms with Gasteiger partial charge in [-0.3, -0.25) is 4.98 Å². The summed E-state index contributed by atoms with van der Waals surface area (Å²) in [5, 5.41) is 0. The lowest BCUT2D eigenvalue weighted by Crippen LogP contribution is -2.34. The Morgan fingerprint density at radius 3 is 2.94 bits per heavy atom. The minimum atomic E-state index is 0.748. The molecule has 1 aromatic heterocycles. The van der Waals surface area contributed by atoms with Crippen LogP contribution in [-0.2, 0) is 0 Å². The minimum absolute atomic E-state index is 0.748. The molecule has 1 aliphatic carbocycles. The SMILES string of the molecule is Nc1cncc(N2CCC3CCCCC32)c1. The summed E-state index contributed by atoms with van der Waals surface area (Å²) in [6.07, 6.45) is 10.6. The van der Waals surface area contributed by atoms with Crippen LogP contribution in [0.3, 0.4) is 0 Å². The van der Waals surface area contributed by atoms with Gasteiger partial charge in [-0.25, -0.2) is 0 Å². The molecule has 0 amide bonds. The second kappa shape index (κ2) is 3.96. The fraction of sp³-hybridized carbons (Fsp3) is 0.615. The molecule has 2 atom stereocenters. The van der Waals surface area contributed by atoms with Crippen LogP contribution in [0.4, 0.5) is 11.4 Å². The molecular formula is C13H19N3. The van der Waals surface area contributed by atoms with Crippen LogP contribution in [0, 0.1) is 5.92 Å². The fourth-order valence-electron chi connectivity index (χ4n) is 3.33. The number of aromatic nitrogens is 1. The van der Waals surface area contributed by atoms with Gasteiger partial charge in [0.15, 0.2) is 0 Å². The van der Waals surface area contributed by atoms with Gasteiger partial charge in [-0.05, 0) is 31.2 Å². The van der Waals surface area contributed by atoms with Crippen molar-refractivity contribution in [3.63, 3.8) is 0 Å². The number of fused-ring (bicyclic) bond motifs is 1. The fourth-order valence-corrected chi connectivity index (χ4v) is 3.33. The molecule has 0 aromatic carbocycles. The smallest absolute Gasteiger partial charge is 0.0576 e. The van der Waals surface area contributed by atoms with Crippen molar-refractivity contribution in [2.45, 2.75) is 38.1 Å². The second-order valence-corrected chi connectivity index (χ2v) is 5.07. The summed E-state index contributed by atoms with van der Waals surface area (Å²) in [5.74, 6) is 0.912. The number of nitrogens with zero attached hydrogens (tertiary/aromatic N) is 2. The molecular weight excluding hydrogens is 198 g/mol. The summed E-state index contributed by atoms with van der Waals surface area (Å²) in [4.78, 5) is 6.72. The van der Waals surface area contributed by atoms with E-state index < -0.39 is 0 Å². The van der Waals surface area contributed by atoms with E-state index in [0.717, 1.165) is 17.6 Å². The van der Waals surface area contributed by atoms with E-state index in [2.05, 4.69) is 16.0 Å². The highest BCUT2D eigenvalue weighted by molar-refractivity contribution is 5.54. The summed E-state index contributed by atoms with van der Waals surface area (Å²) in [6.45, 7) is 1.18. The lowest BCUT2D eigenvalue weighted by atomic mass is 9.85. The normalized spacial score (nSPS) is 29.1. The lowest BCUT2D eigenvalue weighted by molar-refractivity contribution is 0.342. The topological polar surface area (TPSA) is 42.1 Å². The Bertz CT molecular complexity index is 377. The van der Waals surface area contributed by atoms with Crippen LogP contribution >= 0.6 is 0 Å². The van der Waals surface area contributed by atoms with Crippen LogP contribution in [-0.4, -0.2) is 17.6 Å². The summed E-state index contributed by atoms with van der Waals surface area (Å²) >= 11 is 0. The molecule has 2 heterocycles. The highest BCUT2D eigenvalue weighted by atomic mass is 15.2. The summed E-state index contributed by atoms with van der Waals surface area (Å²) in [6, 6.07) is 2.81. The molecule has 0 spiro atoms. The summed E-state index contributed by atoms with van der Waals surface area (Å²) in [7, 11) is 0. The predicted molar refractivity (Wildman–Crippen MR) is 66.4 cm³/mol. The first-order valence-corrected chi connectivity index (χ1v) is 6.32. The predicted octanol–water partition coefficient (Wildman–Crippen LogP) is 2.43. The first-order valence-electron chi connectivity index (χ1n) is 6.32. The van der Waals surface area contributed by atoms with Gasteiger partial charge in [-0.1, -0.05) is 12.8 Å².